The third-order valence-corrected chi connectivity index (χ3v) is 11.0. The maximum absolute atomic E-state index is 10.3. The molecule has 1 N–H and O–H groups in total. The normalized spacial score (nSPS) is 44.9. The van der Waals surface area contributed by atoms with E-state index in [1.165, 1.54) is 44.9 Å². The van der Waals surface area contributed by atoms with E-state index < -0.39 is 0 Å². The molecule has 0 unspecified atom stereocenters. The Morgan fingerprint density at radius 1 is 1.06 bits per heavy atom. The Bertz CT molecular complexity index is 710. The van der Waals surface area contributed by atoms with Crippen LogP contribution < -0.4 is 0 Å². The molecule has 0 radical (unpaired) electrons. The highest BCUT2D eigenvalue weighted by Crippen LogP contribution is 2.67. The first-order valence-corrected chi connectivity index (χ1v) is 13.6. The largest absolute Gasteiger partial charge is 0.393 e. The number of rotatable bonds is 4. The SMILES string of the molecule is CC[C@H](/C=C/[C@@H](C)[C@H]1CC[C@@H]2[C@H]3CC=C4C[C@@H](O)CC[C@]4(C)[C@@H]3CC[C@@]21C)C(C)(C)C. The lowest BCUT2D eigenvalue weighted by Crippen LogP contribution is -2.50. The number of aliphatic hydroxyl groups excluding tert-OH is 1. The van der Waals surface area contributed by atoms with Gasteiger partial charge in [-0.15, -0.1) is 0 Å². The van der Waals surface area contributed by atoms with Crippen molar-refractivity contribution < 1.29 is 5.11 Å². The molecule has 3 saturated carbocycles. The summed E-state index contributed by atoms with van der Waals surface area (Å²) in [4.78, 5) is 0. The molecule has 4 aliphatic carbocycles. The molecule has 0 saturated heterocycles. The number of aliphatic hydroxyl groups is 1. The average Bonchev–Trinajstić information content (AvgIpc) is 3.05. The maximum atomic E-state index is 10.3. The van der Waals surface area contributed by atoms with Crippen molar-refractivity contribution in [2.45, 2.75) is 112 Å². The predicted octanol–water partition coefficient (Wildman–Crippen LogP) is 8.19. The summed E-state index contributed by atoms with van der Waals surface area (Å²) in [5.74, 6) is 4.85. The molecule has 0 amide bonds. The fourth-order valence-corrected chi connectivity index (χ4v) is 9.03. The van der Waals surface area contributed by atoms with Crippen molar-refractivity contribution in [3.05, 3.63) is 23.8 Å². The summed E-state index contributed by atoms with van der Waals surface area (Å²) in [5, 5.41) is 10.3. The summed E-state index contributed by atoms with van der Waals surface area (Å²) in [6, 6.07) is 0. The second kappa shape index (κ2) is 8.34. The van der Waals surface area contributed by atoms with Crippen molar-refractivity contribution in [1.29, 1.82) is 0 Å². The first kappa shape index (κ1) is 23.6. The van der Waals surface area contributed by atoms with Crippen LogP contribution >= 0.6 is 0 Å². The van der Waals surface area contributed by atoms with Gasteiger partial charge in [-0.25, -0.2) is 0 Å². The topological polar surface area (TPSA) is 20.2 Å². The Hall–Kier alpha value is -0.560. The molecule has 9 atom stereocenters. The van der Waals surface area contributed by atoms with Crippen LogP contribution in [0, 0.1) is 51.8 Å². The van der Waals surface area contributed by atoms with Crippen LogP contribution in [0.2, 0.25) is 0 Å². The fourth-order valence-electron chi connectivity index (χ4n) is 9.03. The Labute approximate surface area is 193 Å². The van der Waals surface area contributed by atoms with E-state index in [1.54, 1.807) is 5.57 Å². The van der Waals surface area contributed by atoms with E-state index in [2.05, 4.69) is 66.7 Å². The quantitative estimate of drug-likeness (QED) is 0.449. The van der Waals surface area contributed by atoms with Gasteiger partial charge in [-0.3, -0.25) is 0 Å². The third-order valence-electron chi connectivity index (χ3n) is 11.0. The predicted molar refractivity (Wildman–Crippen MR) is 133 cm³/mol. The highest BCUT2D eigenvalue weighted by atomic mass is 16.3. The zero-order valence-corrected chi connectivity index (χ0v) is 21.6. The van der Waals surface area contributed by atoms with Crippen LogP contribution in [-0.4, -0.2) is 11.2 Å². The van der Waals surface area contributed by atoms with Gasteiger partial charge in [-0.05, 0) is 110 Å². The molecule has 176 valence electrons. The Kier molecular flexibility index (Phi) is 6.35. The summed E-state index contributed by atoms with van der Waals surface area (Å²) in [6.07, 6.45) is 19.0. The fraction of sp³-hybridized carbons (Fsp3) is 0.867. The van der Waals surface area contributed by atoms with E-state index in [4.69, 9.17) is 0 Å². The first-order chi connectivity index (χ1) is 14.5. The summed E-state index contributed by atoms with van der Waals surface area (Å²) >= 11 is 0. The van der Waals surface area contributed by atoms with Crippen LogP contribution in [0.3, 0.4) is 0 Å². The van der Waals surface area contributed by atoms with E-state index >= 15 is 0 Å². The van der Waals surface area contributed by atoms with Gasteiger partial charge in [0, 0.05) is 0 Å². The van der Waals surface area contributed by atoms with Crippen LogP contribution in [0.4, 0.5) is 0 Å². The minimum Gasteiger partial charge on any atom is -0.393 e. The van der Waals surface area contributed by atoms with Crippen molar-refractivity contribution in [1.82, 2.24) is 0 Å². The number of fused-ring (bicyclic) bond motifs is 5. The van der Waals surface area contributed by atoms with Crippen molar-refractivity contribution in [3.8, 4) is 0 Å². The smallest absolute Gasteiger partial charge is 0.0577 e. The van der Waals surface area contributed by atoms with Gasteiger partial charge in [-0.2, -0.15) is 0 Å². The maximum Gasteiger partial charge on any atom is 0.0577 e. The Morgan fingerprint density at radius 3 is 2.48 bits per heavy atom. The molecule has 3 fully saturated rings. The Morgan fingerprint density at radius 2 is 1.81 bits per heavy atom. The molecule has 1 nitrogen and oxygen atoms in total. The molecule has 0 aromatic carbocycles. The van der Waals surface area contributed by atoms with Crippen molar-refractivity contribution >= 4 is 0 Å². The number of hydrogen-bond donors (Lipinski definition) is 1. The molecular weight excluding hydrogens is 376 g/mol. The summed E-state index contributed by atoms with van der Waals surface area (Å²) < 4.78 is 0. The van der Waals surface area contributed by atoms with E-state index in [9.17, 15) is 5.11 Å². The summed E-state index contributed by atoms with van der Waals surface area (Å²) in [5.41, 5.74) is 2.85. The zero-order valence-electron chi connectivity index (χ0n) is 21.6. The van der Waals surface area contributed by atoms with Crippen LogP contribution in [0.25, 0.3) is 0 Å². The minimum atomic E-state index is -0.0896. The van der Waals surface area contributed by atoms with Gasteiger partial charge in [0.2, 0.25) is 0 Å². The van der Waals surface area contributed by atoms with Gasteiger partial charge < -0.3 is 5.11 Å². The monoisotopic (exact) mass is 426 g/mol. The molecule has 0 aliphatic heterocycles. The van der Waals surface area contributed by atoms with E-state index in [-0.39, 0.29) is 6.10 Å². The average molecular weight is 427 g/mol. The van der Waals surface area contributed by atoms with E-state index in [0.717, 1.165) is 36.5 Å². The summed E-state index contributed by atoms with van der Waals surface area (Å²) in [7, 11) is 0. The Balaban J connectivity index is 1.52. The molecule has 0 heterocycles. The van der Waals surface area contributed by atoms with Crippen molar-refractivity contribution in [2.24, 2.45) is 51.8 Å². The zero-order chi connectivity index (χ0) is 22.6. The minimum absolute atomic E-state index is 0.0896. The van der Waals surface area contributed by atoms with Crippen molar-refractivity contribution in [2.75, 3.05) is 0 Å². The molecular formula is C30H50O. The number of allylic oxidation sites excluding steroid dienone is 3. The van der Waals surface area contributed by atoms with Gasteiger partial charge in [0.15, 0.2) is 0 Å². The molecule has 1 heteroatoms. The van der Waals surface area contributed by atoms with Gasteiger partial charge in [-0.1, -0.05) is 72.3 Å². The molecule has 0 spiro atoms. The van der Waals surface area contributed by atoms with Crippen molar-refractivity contribution in [3.63, 3.8) is 0 Å². The highest BCUT2D eigenvalue weighted by Gasteiger charge is 2.58. The standard InChI is InChI=1S/C30H50O/c1-8-21(28(3,4)5)10-9-20(2)25-13-14-26-24-12-11-22-19-23(31)15-17-29(22,6)27(24)16-18-30(25,26)7/h9-11,20-21,23-27,31H,8,12-19H2,1-7H3/b10-9+/t20-,21-,23+,24-,25-,26-,27-,29+,30-/m1/s1. The second-order valence-corrected chi connectivity index (χ2v) is 13.5. The van der Waals surface area contributed by atoms with Crippen LogP contribution in [0.1, 0.15) is 106 Å². The second-order valence-electron chi connectivity index (χ2n) is 13.5. The lowest BCUT2D eigenvalue weighted by molar-refractivity contribution is -0.0540. The van der Waals surface area contributed by atoms with E-state index in [0.29, 0.717) is 28.1 Å². The summed E-state index contributed by atoms with van der Waals surface area (Å²) in [6.45, 7) is 17.2. The van der Waals surface area contributed by atoms with Crippen LogP contribution in [0.5, 0.6) is 0 Å². The van der Waals surface area contributed by atoms with Gasteiger partial charge in [0.25, 0.3) is 0 Å². The van der Waals surface area contributed by atoms with Gasteiger partial charge in [0.1, 0.15) is 0 Å². The number of hydrogen-bond acceptors (Lipinski definition) is 1. The molecule has 0 aromatic heterocycles. The first-order valence-electron chi connectivity index (χ1n) is 13.6. The lowest BCUT2D eigenvalue weighted by Gasteiger charge is -2.58. The molecule has 31 heavy (non-hydrogen) atoms. The van der Waals surface area contributed by atoms with Crippen LogP contribution in [0.15, 0.2) is 23.8 Å². The molecule has 4 aliphatic rings. The molecule has 0 aromatic rings. The van der Waals surface area contributed by atoms with Gasteiger partial charge >= 0.3 is 0 Å². The van der Waals surface area contributed by atoms with Crippen LogP contribution in [-0.2, 0) is 0 Å². The molecule has 4 rings (SSSR count). The molecule has 0 bridgehead atoms. The third kappa shape index (κ3) is 4.00. The van der Waals surface area contributed by atoms with Gasteiger partial charge in [0.05, 0.1) is 6.10 Å². The highest BCUT2D eigenvalue weighted by molar-refractivity contribution is 5.25. The van der Waals surface area contributed by atoms with E-state index in [1.807, 2.05) is 0 Å². The lowest BCUT2D eigenvalue weighted by atomic mass is 9.47.